The van der Waals surface area contributed by atoms with Gasteiger partial charge in [-0.15, -0.1) is 0 Å². The van der Waals surface area contributed by atoms with Gasteiger partial charge >= 0.3 is 0 Å². The maximum atomic E-state index is 12.0. The number of nitrogens with two attached hydrogens (primary N) is 1. The molecule has 0 aromatic rings. The number of rotatable bonds is 5. The largest absolute Gasteiger partial charge is 0.394 e. The van der Waals surface area contributed by atoms with Crippen LogP contribution in [0.5, 0.6) is 0 Å². The number of amides is 2. The van der Waals surface area contributed by atoms with E-state index in [0.717, 1.165) is 19.3 Å². The van der Waals surface area contributed by atoms with Crippen LogP contribution in [0.1, 0.15) is 33.1 Å². The van der Waals surface area contributed by atoms with E-state index in [-0.39, 0.29) is 36.9 Å². The summed E-state index contributed by atoms with van der Waals surface area (Å²) >= 11 is 0. The minimum Gasteiger partial charge on any atom is -0.394 e. The van der Waals surface area contributed by atoms with Gasteiger partial charge in [0.05, 0.1) is 25.2 Å². The first-order valence-corrected chi connectivity index (χ1v) is 6.91. The van der Waals surface area contributed by atoms with Crippen molar-refractivity contribution in [2.75, 3.05) is 19.7 Å². The third-order valence-electron chi connectivity index (χ3n) is 3.59. The van der Waals surface area contributed by atoms with Crippen molar-refractivity contribution in [1.29, 1.82) is 0 Å². The Balaban J connectivity index is 2.44. The summed E-state index contributed by atoms with van der Waals surface area (Å²) in [6.07, 6.45) is 2.79. The van der Waals surface area contributed by atoms with Crippen molar-refractivity contribution in [2.24, 2.45) is 11.7 Å². The van der Waals surface area contributed by atoms with E-state index in [2.05, 4.69) is 5.32 Å². The molecule has 1 unspecified atom stereocenters. The van der Waals surface area contributed by atoms with Gasteiger partial charge in [-0.05, 0) is 25.2 Å². The number of carbonyl (C=O) groups excluding carboxylic acids is 2. The highest BCUT2D eigenvalue weighted by molar-refractivity contribution is 5.87. The number of piperidine rings is 1. The first-order valence-electron chi connectivity index (χ1n) is 6.91. The van der Waals surface area contributed by atoms with Crippen LogP contribution >= 0.6 is 0 Å². The monoisotopic (exact) mass is 271 g/mol. The molecular formula is C13H25N3O3. The summed E-state index contributed by atoms with van der Waals surface area (Å²) in [6, 6.07) is -0.709. The number of carbonyl (C=O) groups is 2. The molecule has 0 aliphatic carbocycles. The topological polar surface area (TPSA) is 95.7 Å². The zero-order valence-corrected chi connectivity index (χ0v) is 11.8. The quantitative estimate of drug-likeness (QED) is 0.626. The van der Waals surface area contributed by atoms with Crippen molar-refractivity contribution < 1.29 is 14.7 Å². The fraction of sp³-hybridized carbons (Fsp3) is 0.846. The number of likely N-dealkylation sites (tertiary alicyclic amines) is 1. The molecule has 1 rings (SSSR count). The average molecular weight is 271 g/mol. The van der Waals surface area contributed by atoms with Crippen molar-refractivity contribution in [3.63, 3.8) is 0 Å². The molecule has 0 aromatic heterocycles. The second kappa shape index (κ2) is 7.45. The standard InChI is InChI=1S/C13H25N3O3/c1-9(2)12(14)13(19)15-7-11(18)16-6-4-3-5-10(16)8-17/h9-10,12,17H,3-8,14H2,1-2H3,(H,15,19)/t10?,12-/m0/s1. The average Bonchev–Trinajstić information content (AvgIpc) is 2.43. The number of hydrogen-bond acceptors (Lipinski definition) is 4. The molecule has 6 heteroatoms. The van der Waals surface area contributed by atoms with Gasteiger partial charge in [0.1, 0.15) is 0 Å². The smallest absolute Gasteiger partial charge is 0.242 e. The van der Waals surface area contributed by atoms with Crippen molar-refractivity contribution in [3.8, 4) is 0 Å². The van der Waals surface area contributed by atoms with Gasteiger partial charge < -0.3 is 21.1 Å². The molecule has 19 heavy (non-hydrogen) atoms. The van der Waals surface area contributed by atoms with Gasteiger partial charge in [-0.25, -0.2) is 0 Å². The van der Waals surface area contributed by atoms with Crippen LogP contribution in [-0.2, 0) is 9.59 Å². The van der Waals surface area contributed by atoms with Crippen LogP contribution in [-0.4, -0.2) is 53.6 Å². The van der Waals surface area contributed by atoms with E-state index in [4.69, 9.17) is 5.73 Å². The van der Waals surface area contributed by atoms with Crippen molar-refractivity contribution in [2.45, 2.75) is 45.2 Å². The summed E-state index contributed by atoms with van der Waals surface area (Å²) in [5, 5.41) is 11.8. The maximum Gasteiger partial charge on any atom is 0.242 e. The summed E-state index contributed by atoms with van der Waals surface area (Å²) in [4.78, 5) is 25.3. The fourth-order valence-electron chi connectivity index (χ4n) is 2.20. The summed E-state index contributed by atoms with van der Waals surface area (Å²) in [6.45, 7) is 4.30. The van der Waals surface area contributed by atoms with Gasteiger partial charge in [0.15, 0.2) is 0 Å². The van der Waals surface area contributed by atoms with Crippen molar-refractivity contribution in [1.82, 2.24) is 10.2 Å². The highest BCUT2D eigenvalue weighted by Crippen LogP contribution is 2.16. The summed E-state index contributed by atoms with van der Waals surface area (Å²) in [5.74, 6) is -0.417. The predicted octanol–water partition coefficient (Wildman–Crippen LogP) is -0.541. The highest BCUT2D eigenvalue weighted by Gasteiger charge is 2.26. The van der Waals surface area contributed by atoms with E-state index in [1.165, 1.54) is 0 Å². The van der Waals surface area contributed by atoms with E-state index in [1.54, 1.807) is 4.90 Å². The fourth-order valence-corrected chi connectivity index (χ4v) is 2.20. The predicted molar refractivity (Wildman–Crippen MR) is 72.3 cm³/mol. The van der Waals surface area contributed by atoms with E-state index >= 15 is 0 Å². The molecule has 2 atom stereocenters. The van der Waals surface area contributed by atoms with Gasteiger partial charge in [-0.1, -0.05) is 13.8 Å². The normalized spacial score (nSPS) is 21.3. The molecule has 1 heterocycles. The Labute approximate surface area is 114 Å². The van der Waals surface area contributed by atoms with Gasteiger partial charge in [0, 0.05) is 6.54 Å². The molecule has 0 bridgehead atoms. The molecule has 2 amide bonds. The van der Waals surface area contributed by atoms with Crippen LogP contribution in [0.2, 0.25) is 0 Å². The third kappa shape index (κ3) is 4.47. The Hall–Kier alpha value is -1.14. The van der Waals surface area contributed by atoms with Crippen LogP contribution in [0, 0.1) is 5.92 Å². The lowest BCUT2D eigenvalue weighted by molar-refractivity contribution is -0.137. The number of nitrogens with one attached hydrogen (secondary N) is 1. The molecule has 0 radical (unpaired) electrons. The Morgan fingerprint density at radius 2 is 2.11 bits per heavy atom. The van der Waals surface area contributed by atoms with Crippen LogP contribution in [0.3, 0.4) is 0 Å². The molecule has 4 N–H and O–H groups in total. The second-order valence-corrected chi connectivity index (χ2v) is 5.41. The summed E-state index contributed by atoms with van der Waals surface area (Å²) in [5.41, 5.74) is 5.70. The molecule has 1 aliphatic heterocycles. The number of aliphatic hydroxyl groups is 1. The summed E-state index contributed by atoms with van der Waals surface area (Å²) < 4.78 is 0. The molecule has 1 fully saturated rings. The van der Waals surface area contributed by atoms with Crippen LogP contribution in [0.25, 0.3) is 0 Å². The Morgan fingerprint density at radius 3 is 2.68 bits per heavy atom. The highest BCUT2D eigenvalue weighted by atomic mass is 16.3. The van der Waals surface area contributed by atoms with E-state index in [0.29, 0.717) is 6.54 Å². The van der Waals surface area contributed by atoms with Gasteiger partial charge in [-0.2, -0.15) is 0 Å². The van der Waals surface area contributed by atoms with Crippen molar-refractivity contribution >= 4 is 11.8 Å². The Bertz CT molecular complexity index is 320. The molecule has 6 nitrogen and oxygen atoms in total. The van der Waals surface area contributed by atoms with E-state index in [9.17, 15) is 14.7 Å². The Morgan fingerprint density at radius 1 is 1.42 bits per heavy atom. The van der Waals surface area contributed by atoms with Gasteiger partial charge in [0.2, 0.25) is 11.8 Å². The summed E-state index contributed by atoms with van der Waals surface area (Å²) in [7, 11) is 0. The number of aliphatic hydroxyl groups excluding tert-OH is 1. The minimum atomic E-state index is -0.595. The molecular weight excluding hydrogens is 246 g/mol. The third-order valence-corrected chi connectivity index (χ3v) is 3.59. The zero-order chi connectivity index (χ0) is 14.4. The molecule has 0 saturated carbocycles. The minimum absolute atomic E-state index is 0.0226. The van der Waals surface area contributed by atoms with E-state index < -0.39 is 6.04 Å². The van der Waals surface area contributed by atoms with E-state index in [1.807, 2.05) is 13.8 Å². The molecule has 1 aliphatic rings. The lowest BCUT2D eigenvalue weighted by Crippen LogP contribution is -2.51. The zero-order valence-electron chi connectivity index (χ0n) is 11.8. The first-order chi connectivity index (χ1) is 8.97. The van der Waals surface area contributed by atoms with Crippen LogP contribution in [0.15, 0.2) is 0 Å². The maximum absolute atomic E-state index is 12.0. The molecule has 110 valence electrons. The lowest BCUT2D eigenvalue weighted by atomic mass is 10.0. The Kier molecular flexibility index (Phi) is 6.24. The molecule has 0 spiro atoms. The molecule has 0 aromatic carbocycles. The SMILES string of the molecule is CC(C)[C@H](N)C(=O)NCC(=O)N1CCCCC1CO. The first kappa shape index (κ1) is 15.9. The number of hydrogen-bond donors (Lipinski definition) is 3. The van der Waals surface area contributed by atoms with Crippen molar-refractivity contribution in [3.05, 3.63) is 0 Å². The van der Waals surface area contributed by atoms with Crippen LogP contribution < -0.4 is 11.1 Å². The van der Waals surface area contributed by atoms with Gasteiger partial charge in [-0.3, -0.25) is 9.59 Å². The lowest BCUT2D eigenvalue weighted by Gasteiger charge is -2.34. The van der Waals surface area contributed by atoms with Gasteiger partial charge in [0.25, 0.3) is 0 Å². The molecule has 1 saturated heterocycles. The van der Waals surface area contributed by atoms with Crippen LogP contribution in [0.4, 0.5) is 0 Å². The second-order valence-electron chi connectivity index (χ2n) is 5.41. The number of nitrogens with zero attached hydrogens (tertiary/aromatic N) is 1.